The predicted molar refractivity (Wildman–Crippen MR) is 162 cm³/mol. The molecule has 0 aliphatic heterocycles. The third-order valence-corrected chi connectivity index (χ3v) is 0. The van der Waals surface area contributed by atoms with Gasteiger partial charge in [0, 0.05) is 0 Å². The fourth-order valence-electron chi connectivity index (χ4n) is 0. The third-order valence-electron chi connectivity index (χ3n) is 0. The van der Waals surface area contributed by atoms with Crippen molar-refractivity contribution in [2.24, 2.45) is 0 Å². The molecule has 0 heterocycles. The minimum atomic E-state index is -4.67. The summed E-state index contributed by atoms with van der Waals surface area (Å²) in [5.74, 6) is 0. The first-order valence-corrected chi connectivity index (χ1v) is 16.5. The van der Waals surface area contributed by atoms with E-state index >= 15 is 0 Å². The van der Waals surface area contributed by atoms with Gasteiger partial charge >= 0.3 is 454 Å². The largest absolute Gasteiger partial charge is 1.00 e. The van der Waals surface area contributed by atoms with Crippen LogP contribution in [-0.2, 0) is 62.4 Å². The molecule has 0 aliphatic rings. The van der Waals surface area contributed by atoms with Crippen molar-refractivity contribution in [2.75, 3.05) is 0 Å². The Bertz CT molecular complexity index is 1330. The van der Waals surface area contributed by atoms with Crippen LogP contribution in [-0.4, -0.2) is 203 Å². The zero-order valence-corrected chi connectivity index (χ0v) is 64.4. The van der Waals surface area contributed by atoms with Gasteiger partial charge in [0.2, 0.25) is 0 Å². The molecule has 0 spiro atoms. The quantitative estimate of drug-likeness (QED) is 0.0791. The number of carboxylic acid groups (broad SMARTS) is 12. The zero-order chi connectivity index (χ0) is 48.5. The molecule has 360 valence electrons. The zero-order valence-electron chi connectivity index (χ0n) is 47.5. The fourth-order valence-corrected chi connectivity index (χ4v) is 0. The average molecular weight is 1250 g/mol. The van der Waals surface area contributed by atoms with Crippen LogP contribution < -0.4 is 355 Å². The van der Waals surface area contributed by atoms with Crippen molar-refractivity contribution in [2.45, 2.75) is 0 Å². The molecule has 0 aliphatic carbocycles. The topological polar surface area (TPSA) is 793 Å². The predicted octanol–water partition coefficient (Wildman–Crippen LogP) is -37.2. The molecule has 24 N–H and O–H groups in total. The fraction of sp³-hybridized carbons (Fsp3) is 0. The Hall–Kier alpha value is 6.84. The van der Waals surface area contributed by atoms with Gasteiger partial charge in [-0.1, -0.05) is 0 Å². The van der Waals surface area contributed by atoms with Crippen LogP contribution in [0.5, 0.6) is 0 Å². The minimum absolute atomic E-state index is 0. The number of carbonyl (C=O) groups is 6. The normalized spacial score (nSPS) is 7.45. The Kier molecular flexibility index (Phi) is 233. The summed E-state index contributed by atoms with van der Waals surface area (Å²) >= 11 is 0. The van der Waals surface area contributed by atoms with Crippen molar-refractivity contribution in [3.63, 3.8) is 0 Å². The van der Waals surface area contributed by atoms with Gasteiger partial charge in [-0.3, -0.25) is 54.6 Å². The van der Waals surface area contributed by atoms with Gasteiger partial charge in [-0.05, 0) is 0 Å². The van der Waals surface area contributed by atoms with Crippen LogP contribution in [0.4, 0.5) is 28.8 Å². The molecule has 0 rings (SSSR count). The van der Waals surface area contributed by atoms with Crippen molar-refractivity contribution in [1.29, 1.82) is 0 Å². The van der Waals surface area contributed by atoms with Gasteiger partial charge in [0.15, 0.2) is 0 Å². The van der Waals surface area contributed by atoms with Crippen molar-refractivity contribution >= 4 is 99.3 Å². The Morgan fingerprint density at radius 3 is 0.182 bits per heavy atom. The van der Waals surface area contributed by atoms with Crippen LogP contribution in [0.25, 0.3) is 0 Å². The van der Waals surface area contributed by atoms with Crippen LogP contribution in [0.2, 0.25) is 0 Å². The molecule has 0 aromatic carbocycles. The van der Waals surface area contributed by atoms with Crippen LogP contribution in [0.3, 0.4) is 0 Å². The smallest absolute Gasteiger partial charge is 1.00 e. The SMILES string of the molecule is O=C(O)O.O=C(O)O.O=C(O)O.O=C(O)O.O=C(O)O.O=C(O)O.O=S(=O)(O)O.O=S(=O)(O)O.O=S(=O)(O)O.O=S(=O)(O)O.O=S(=O)(O)O.O=S(=O)(O)O.[H-].[H-].[H-].[H-].[H-].[H-].[H-].[H-].[H-].[H-].[H-].[H-].[Na+].[Na+].[Na+].[Na+].[Na+].[Na+].[Na+].[Na+].[Na+].[Na+].[Na+].[Na+]. The maximum absolute atomic E-state index is 8.74. The van der Waals surface area contributed by atoms with Crippen molar-refractivity contribution < 1.29 is 567 Å². The van der Waals surface area contributed by atoms with Gasteiger partial charge in [0.05, 0.1) is 0 Å². The van der Waals surface area contributed by atoms with E-state index in [0.717, 1.165) is 0 Å². The molecule has 0 fully saturated rings. The number of hydrogen-bond donors (Lipinski definition) is 24. The van der Waals surface area contributed by atoms with Gasteiger partial charge < -0.3 is 78.4 Å². The molecule has 0 radical (unpaired) electrons. The van der Waals surface area contributed by atoms with Gasteiger partial charge in [0.25, 0.3) is 0 Å². The molecule has 0 atom stereocenters. The minimum Gasteiger partial charge on any atom is -1.00 e. The van der Waals surface area contributed by atoms with E-state index < -0.39 is 99.3 Å². The van der Waals surface area contributed by atoms with Crippen LogP contribution in [0, 0.1) is 0 Å². The molecule has 0 amide bonds. The monoisotopic (exact) mass is 1250 g/mol. The molecule has 0 aromatic heterocycles. The summed E-state index contributed by atoms with van der Waals surface area (Å²) in [7, 11) is -28.0. The maximum Gasteiger partial charge on any atom is 1.00 e. The second kappa shape index (κ2) is 97.4. The van der Waals surface area contributed by atoms with Gasteiger partial charge in [-0.15, -0.1) is 0 Å². The number of hydrogen-bond acceptors (Lipinski definition) is 18. The summed E-state index contributed by atoms with van der Waals surface area (Å²) in [6.07, 6.45) is -11.0. The molecule has 60 heteroatoms. The molecule has 0 saturated heterocycles. The second-order valence-electron chi connectivity index (χ2n) is 4.38. The summed E-state index contributed by atoms with van der Waals surface area (Å²) in [4.78, 5) is 51.3. The van der Waals surface area contributed by atoms with E-state index in [1.54, 1.807) is 0 Å². The van der Waals surface area contributed by atoms with Crippen LogP contribution >= 0.6 is 0 Å². The summed E-state index contributed by atoms with van der Waals surface area (Å²) < 4.78 is 190. The molecule has 0 saturated carbocycles. The van der Waals surface area contributed by atoms with E-state index in [4.69, 9.17) is 195 Å². The van der Waals surface area contributed by atoms with E-state index in [-0.39, 0.29) is 372 Å². The van der Waals surface area contributed by atoms with Crippen LogP contribution in [0.1, 0.15) is 17.1 Å². The summed E-state index contributed by atoms with van der Waals surface area (Å²) in [5.41, 5.74) is 0. The van der Waals surface area contributed by atoms with Crippen molar-refractivity contribution in [3.05, 3.63) is 0 Å². The van der Waals surface area contributed by atoms with Crippen LogP contribution in [0.15, 0.2) is 0 Å². The van der Waals surface area contributed by atoms with Crippen molar-refractivity contribution in [1.82, 2.24) is 0 Å². The third kappa shape index (κ3) is 7390. The Morgan fingerprint density at radius 2 is 0.182 bits per heavy atom. The second-order valence-corrected chi connectivity index (χ2v) is 9.76. The Balaban J connectivity index is -0.00000000707. The number of rotatable bonds is 0. The van der Waals surface area contributed by atoms with E-state index in [1.807, 2.05) is 0 Å². The van der Waals surface area contributed by atoms with Gasteiger partial charge in [-0.25, -0.2) is 28.8 Å². The molecule has 0 unspecified atom stereocenters. The molecular formula is C6H36Na12O42S6. The maximum atomic E-state index is 8.74. The Labute approximate surface area is 653 Å². The molecule has 66 heavy (non-hydrogen) atoms. The van der Waals surface area contributed by atoms with E-state index in [9.17, 15) is 0 Å². The van der Waals surface area contributed by atoms with E-state index in [1.165, 1.54) is 0 Å². The molecular weight excluding hydrogens is 1210 g/mol. The molecule has 0 bridgehead atoms. The average Bonchev–Trinajstić information content (AvgIpc) is 2.55. The standard InChI is InChI=1S/6CH2O3.12Na.6H2O4S.12H/c6*2-1(3)4;;;;;;;;;;;;;6*1-5(2,3)4;;;;;;;;;;;;/h6*(H2,2,3,4);;;;;;;;;;;;;6*(H2,1,2,3,4);;;;;;;;;;;;/q;;;;;;12*+1;;;;;;;12*-1. The summed E-state index contributed by atoms with van der Waals surface area (Å²) in [6, 6.07) is 0. The van der Waals surface area contributed by atoms with E-state index in [2.05, 4.69) is 0 Å². The first-order chi connectivity index (χ1) is 22.4. The first-order valence-electron chi connectivity index (χ1n) is 8.10. The summed E-state index contributed by atoms with van der Waals surface area (Å²) in [5, 5.41) is 83.7. The Morgan fingerprint density at radius 1 is 0.182 bits per heavy atom. The van der Waals surface area contributed by atoms with Crippen molar-refractivity contribution in [3.8, 4) is 0 Å². The molecule has 42 nitrogen and oxygen atoms in total. The van der Waals surface area contributed by atoms with Gasteiger partial charge in [0.1, 0.15) is 0 Å². The first kappa shape index (κ1) is 158. The van der Waals surface area contributed by atoms with Gasteiger partial charge in [-0.2, -0.15) is 50.5 Å². The summed E-state index contributed by atoms with van der Waals surface area (Å²) in [6.45, 7) is 0. The molecule has 0 aromatic rings. The van der Waals surface area contributed by atoms with E-state index in [0.29, 0.717) is 0 Å².